The Labute approximate surface area is 133 Å². The maximum atomic E-state index is 12.8. The smallest absolute Gasteiger partial charge is 0.328 e. The fourth-order valence-corrected chi connectivity index (χ4v) is 5.45. The fourth-order valence-electron chi connectivity index (χ4n) is 5.45. The second-order valence-corrected chi connectivity index (χ2v) is 8.17. The number of carbonyl (C=O) groups is 2. The van der Waals surface area contributed by atoms with Crippen molar-refractivity contribution in [2.75, 3.05) is 7.11 Å². The molecule has 1 atom stereocenters. The van der Waals surface area contributed by atoms with Gasteiger partial charge in [0.15, 0.2) is 0 Å². The zero-order chi connectivity index (χ0) is 15.9. The molecule has 4 aliphatic carbocycles. The Kier molecular flexibility index (Phi) is 4.47. The van der Waals surface area contributed by atoms with Gasteiger partial charge in [0.2, 0.25) is 5.91 Å². The lowest BCUT2D eigenvalue weighted by atomic mass is 9.51. The molecule has 0 spiro atoms. The molecule has 0 aromatic carbocycles. The van der Waals surface area contributed by atoms with Crippen molar-refractivity contribution in [1.29, 1.82) is 0 Å². The Hall–Kier alpha value is -1.06. The Morgan fingerprint density at radius 2 is 1.59 bits per heavy atom. The van der Waals surface area contributed by atoms with Crippen molar-refractivity contribution < 1.29 is 14.3 Å². The van der Waals surface area contributed by atoms with E-state index >= 15 is 0 Å². The topological polar surface area (TPSA) is 55.4 Å². The molecule has 0 saturated heterocycles. The molecule has 4 heteroatoms. The number of hydrogen-bond donors (Lipinski definition) is 1. The third kappa shape index (κ3) is 3.02. The van der Waals surface area contributed by atoms with Gasteiger partial charge in [0.05, 0.1) is 7.11 Å². The summed E-state index contributed by atoms with van der Waals surface area (Å²) in [6.45, 7) is 4.12. The molecule has 4 nitrogen and oxygen atoms in total. The van der Waals surface area contributed by atoms with Crippen molar-refractivity contribution in [2.24, 2.45) is 35.5 Å². The molecule has 0 aliphatic heterocycles. The predicted octanol–water partition coefficient (Wildman–Crippen LogP) is 2.76. The first kappa shape index (κ1) is 15.8. The summed E-state index contributed by atoms with van der Waals surface area (Å²) in [5.41, 5.74) is 0. The van der Waals surface area contributed by atoms with E-state index in [-0.39, 0.29) is 17.8 Å². The molecular weight excluding hydrogens is 278 g/mol. The lowest BCUT2D eigenvalue weighted by molar-refractivity contribution is -0.149. The highest BCUT2D eigenvalue weighted by atomic mass is 16.5. The van der Waals surface area contributed by atoms with E-state index in [1.54, 1.807) is 0 Å². The van der Waals surface area contributed by atoms with Crippen molar-refractivity contribution in [2.45, 2.75) is 58.4 Å². The summed E-state index contributed by atoms with van der Waals surface area (Å²) in [6.07, 6.45) is 6.91. The first-order valence-corrected chi connectivity index (χ1v) is 8.86. The molecule has 0 heterocycles. The maximum absolute atomic E-state index is 12.8. The average molecular weight is 307 g/mol. The van der Waals surface area contributed by atoms with Crippen LogP contribution in [0.2, 0.25) is 0 Å². The van der Waals surface area contributed by atoms with Crippen LogP contribution in [0.15, 0.2) is 0 Å². The summed E-state index contributed by atoms with van der Waals surface area (Å²) in [5.74, 6) is 3.09. The Morgan fingerprint density at radius 3 is 2.05 bits per heavy atom. The fraction of sp³-hybridized carbons (Fsp3) is 0.889. The second kappa shape index (κ2) is 6.21. The van der Waals surface area contributed by atoms with Crippen LogP contribution in [0.5, 0.6) is 0 Å². The summed E-state index contributed by atoms with van der Waals surface area (Å²) in [4.78, 5) is 24.8. The number of amides is 1. The molecule has 4 aliphatic rings. The van der Waals surface area contributed by atoms with Crippen molar-refractivity contribution >= 4 is 11.9 Å². The minimum absolute atomic E-state index is 0.102. The van der Waals surface area contributed by atoms with Gasteiger partial charge >= 0.3 is 5.97 Å². The van der Waals surface area contributed by atoms with E-state index in [1.807, 2.05) is 0 Å². The summed E-state index contributed by atoms with van der Waals surface area (Å²) in [7, 11) is 1.39. The molecule has 0 aromatic rings. The van der Waals surface area contributed by atoms with Crippen LogP contribution < -0.4 is 5.32 Å². The van der Waals surface area contributed by atoms with Gasteiger partial charge in [0, 0.05) is 5.92 Å². The Morgan fingerprint density at radius 1 is 1.05 bits per heavy atom. The highest BCUT2D eigenvalue weighted by Gasteiger charge is 2.51. The summed E-state index contributed by atoms with van der Waals surface area (Å²) in [5, 5.41) is 3.01. The SMILES string of the molecule is COC(=O)C(CC(C)C)NC(=O)C1C2CC3CC(C2)CC1C3. The van der Waals surface area contributed by atoms with Gasteiger partial charge in [-0.1, -0.05) is 13.8 Å². The minimum Gasteiger partial charge on any atom is -0.467 e. The molecule has 4 rings (SSSR count). The zero-order valence-electron chi connectivity index (χ0n) is 14.0. The number of ether oxygens (including phenoxy) is 1. The highest BCUT2D eigenvalue weighted by Crippen LogP contribution is 2.56. The van der Waals surface area contributed by atoms with Crippen LogP contribution in [0.3, 0.4) is 0 Å². The summed E-state index contributed by atoms with van der Waals surface area (Å²) >= 11 is 0. The maximum Gasteiger partial charge on any atom is 0.328 e. The van der Waals surface area contributed by atoms with Crippen LogP contribution in [0.25, 0.3) is 0 Å². The van der Waals surface area contributed by atoms with Crippen molar-refractivity contribution in [3.05, 3.63) is 0 Å². The first-order chi connectivity index (χ1) is 10.5. The molecule has 1 unspecified atom stereocenters. The van der Waals surface area contributed by atoms with Crippen LogP contribution >= 0.6 is 0 Å². The van der Waals surface area contributed by atoms with Gasteiger partial charge in [0.1, 0.15) is 6.04 Å². The minimum atomic E-state index is -0.491. The third-order valence-electron chi connectivity index (χ3n) is 6.04. The van der Waals surface area contributed by atoms with Gasteiger partial charge in [-0.15, -0.1) is 0 Å². The van der Waals surface area contributed by atoms with Crippen LogP contribution in [0.4, 0.5) is 0 Å². The standard InChI is InChI=1S/C18H29NO3/c1-10(2)4-15(18(21)22-3)19-17(20)16-13-6-11-5-12(8-13)9-14(16)7-11/h10-16H,4-9H2,1-3H3,(H,19,20). The predicted molar refractivity (Wildman–Crippen MR) is 83.9 cm³/mol. The average Bonchev–Trinajstić information content (AvgIpc) is 2.44. The van der Waals surface area contributed by atoms with Crippen molar-refractivity contribution in [3.8, 4) is 0 Å². The molecule has 0 radical (unpaired) electrons. The highest BCUT2D eigenvalue weighted by molar-refractivity contribution is 5.86. The molecule has 4 fully saturated rings. The van der Waals surface area contributed by atoms with Gasteiger partial charge in [-0.25, -0.2) is 4.79 Å². The van der Waals surface area contributed by atoms with E-state index in [0.29, 0.717) is 24.2 Å². The lowest BCUT2D eigenvalue weighted by Gasteiger charge is -2.53. The van der Waals surface area contributed by atoms with Gasteiger partial charge in [0.25, 0.3) is 0 Å². The van der Waals surface area contributed by atoms with Crippen molar-refractivity contribution in [1.82, 2.24) is 5.32 Å². The van der Waals surface area contributed by atoms with Crippen molar-refractivity contribution in [3.63, 3.8) is 0 Å². The lowest BCUT2D eigenvalue weighted by Crippen LogP contribution is -2.54. The number of carbonyl (C=O) groups excluding carboxylic acids is 2. The quantitative estimate of drug-likeness (QED) is 0.795. The molecule has 4 bridgehead atoms. The van der Waals surface area contributed by atoms with Gasteiger partial charge in [-0.05, 0) is 68.1 Å². The number of rotatable bonds is 5. The summed E-state index contributed by atoms with van der Waals surface area (Å²) in [6, 6.07) is -0.491. The van der Waals surface area contributed by atoms with E-state index in [0.717, 1.165) is 11.8 Å². The van der Waals surface area contributed by atoms with E-state index in [4.69, 9.17) is 4.74 Å². The molecular formula is C18H29NO3. The van der Waals surface area contributed by atoms with E-state index < -0.39 is 6.04 Å². The van der Waals surface area contributed by atoms with Crippen LogP contribution in [0, 0.1) is 35.5 Å². The number of hydrogen-bond acceptors (Lipinski definition) is 3. The largest absolute Gasteiger partial charge is 0.467 e. The molecule has 4 saturated carbocycles. The van der Waals surface area contributed by atoms with E-state index in [2.05, 4.69) is 19.2 Å². The normalized spacial score (nSPS) is 37.2. The molecule has 1 amide bonds. The van der Waals surface area contributed by atoms with E-state index in [1.165, 1.54) is 39.2 Å². The second-order valence-electron chi connectivity index (χ2n) is 8.17. The van der Waals surface area contributed by atoms with Gasteiger partial charge in [-0.3, -0.25) is 4.79 Å². The first-order valence-electron chi connectivity index (χ1n) is 8.86. The Balaban J connectivity index is 1.66. The van der Waals surface area contributed by atoms with Gasteiger partial charge < -0.3 is 10.1 Å². The third-order valence-corrected chi connectivity index (χ3v) is 6.04. The van der Waals surface area contributed by atoms with Crippen LogP contribution in [0.1, 0.15) is 52.4 Å². The number of nitrogens with one attached hydrogen (secondary N) is 1. The summed E-state index contributed by atoms with van der Waals surface area (Å²) < 4.78 is 4.87. The van der Waals surface area contributed by atoms with Gasteiger partial charge in [-0.2, -0.15) is 0 Å². The monoisotopic (exact) mass is 307 g/mol. The molecule has 1 N–H and O–H groups in total. The van der Waals surface area contributed by atoms with E-state index in [9.17, 15) is 9.59 Å². The molecule has 0 aromatic heterocycles. The van der Waals surface area contributed by atoms with Crippen LogP contribution in [-0.2, 0) is 14.3 Å². The molecule has 124 valence electrons. The molecule has 22 heavy (non-hydrogen) atoms. The number of esters is 1. The number of methoxy groups -OCH3 is 1. The van der Waals surface area contributed by atoms with Crippen LogP contribution in [-0.4, -0.2) is 25.0 Å². The Bertz CT molecular complexity index is 418. The zero-order valence-corrected chi connectivity index (χ0v) is 14.0.